The van der Waals surface area contributed by atoms with Crippen molar-refractivity contribution >= 4 is 11.6 Å². The van der Waals surface area contributed by atoms with Crippen LogP contribution in [0.4, 0.5) is 0 Å². The molecule has 0 atom stereocenters. The molecule has 1 heterocycles. The van der Waals surface area contributed by atoms with Crippen LogP contribution in [0.2, 0.25) is 5.15 Å². The second-order valence-electron chi connectivity index (χ2n) is 4.01. The van der Waals surface area contributed by atoms with Crippen LogP contribution in [0.1, 0.15) is 18.4 Å². The monoisotopic (exact) mass is 237 g/mol. The van der Waals surface area contributed by atoms with Crippen molar-refractivity contribution in [3.63, 3.8) is 0 Å². The minimum absolute atomic E-state index is 0.0197. The predicted molar refractivity (Wildman–Crippen MR) is 62.1 cm³/mol. The lowest BCUT2D eigenvalue weighted by molar-refractivity contribution is 0.504. The van der Waals surface area contributed by atoms with E-state index in [-0.39, 0.29) is 5.54 Å². The highest BCUT2D eigenvalue weighted by Crippen LogP contribution is 2.35. The first-order valence-electron chi connectivity index (χ1n) is 5.10. The van der Waals surface area contributed by atoms with Crippen LogP contribution in [0.3, 0.4) is 0 Å². The maximum Gasteiger partial charge on any atom is 0.129 e. The Kier molecular flexibility index (Phi) is 3.29. The Morgan fingerprint density at radius 3 is 2.94 bits per heavy atom. The van der Waals surface area contributed by atoms with Gasteiger partial charge in [0.05, 0.1) is 0 Å². The van der Waals surface area contributed by atoms with Crippen molar-refractivity contribution in [1.29, 1.82) is 0 Å². The molecule has 16 heavy (non-hydrogen) atoms. The summed E-state index contributed by atoms with van der Waals surface area (Å²) in [6.45, 7) is 1.25. The van der Waals surface area contributed by atoms with Crippen LogP contribution >= 0.6 is 11.6 Å². The maximum absolute atomic E-state index is 8.28. The topological polar surface area (TPSA) is 73.7 Å². The van der Waals surface area contributed by atoms with Crippen LogP contribution in [-0.2, 0) is 6.54 Å². The van der Waals surface area contributed by atoms with E-state index >= 15 is 0 Å². The Balaban J connectivity index is 1.87. The lowest BCUT2D eigenvalue weighted by Crippen LogP contribution is -2.33. The number of pyridine rings is 1. The van der Waals surface area contributed by atoms with E-state index in [4.69, 9.17) is 17.1 Å². The summed E-state index contributed by atoms with van der Waals surface area (Å²) in [6.07, 6.45) is 3.87. The number of aromatic nitrogens is 1. The van der Waals surface area contributed by atoms with E-state index in [9.17, 15) is 0 Å². The Hall–Kier alpha value is -1.29. The predicted octanol–water partition coefficient (Wildman–Crippen LogP) is 2.67. The SMILES string of the molecule is [N-]=[N+]=NCC1(NCc2ccc(Cl)nc2)CC1. The lowest BCUT2D eigenvalue weighted by Gasteiger charge is -2.14. The largest absolute Gasteiger partial charge is 0.307 e. The van der Waals surface area contributed by atoms with Crippen LogP contribution in [0.25, 0.3) is 10.4 Å². The molecule has 1 aromatic rings. The zero-order valence-electron chi connectivity index (χ0n) is 8.73. The van der Waals surface area contributed by atoms with Crippen LogP contribution in [0.5, 0.6) is 0 Å². The highest BCUT2D eigenvalue weighted by atomic mass is 35.5. The second kappa shape index (κ2) is 4.70. The smallest absolute Gasteiger partial charge is 0.129 e. The van der Waals surface area contributed by atoms with Gasteiger partial charge in [-0.3, -0.25) is 0 Å². The van der Waals surface area contributed by atoms with Gasteiger partial charge in [-0.1, -0.05) is 22.8 Å². The molecule has 1 aliphatic rings. The summed E-state index contributed by atoms with van der Waals surface area (Å²) in [5.41, 5.74) is 9.38. The summed E-state index contributed by atoms with van der Waals surface area (Å²) < 4.78 is 0. The van der Waals surface area contributed by atoms with Crippen molar-refractivity contribution in [2.75, 3.05) is 6.54 Å². The van der Waals surface area contributed by atoms with E-state index in [0.717, 1.165) is 24.9 Å². The van der Waals surface area contributed by atoms with Gasteiger partial charge in [-0.05, 0) is 30.0 Å². The quantitative estimate of drug-likeness (QED) is 0.370. The summed E-state index contributed by atoms with van der Waals surface area (Å²) in [5.74, 6) is 0. The van der Waals surface area contributed by atoms with Crippen molar-refractivity contribution < 1.29 is 0 Å². The van der Waals surface area contributed by atoms with Crippen molar-refractivity contribution in [2.24, 2.45) is 5.11 Å². The number of azide groups is 1. The second-order valence-corrected chi connectivity index (χ2v) is 4.40. The standard InChI is InChI=1S/C10H12ClN5/c11-9-2-1-8(5-13-9)6-14-10(3-4-10)7-15-16-12/h1-2,5,14H,3-4,6-7H2. The molecule has 0 bridgehead atoms. The van der Waals surface area contributed by atoms with E-state index in [1.165, 1.54) is 0 Å². The number of hydrogen-bond donors (Lipinski definition) is 1. The van der Waals surface area contributed by atoms with E-state index in [0.29, 0.717) is 11.7 Å². The molecule has 0 aliphatic heterocycles. The Morgan fingerprint density at radius 2 is 2.38 bits per heavy atom. The number of rotatable bonds is 5. The molecule has 6 heteroatoms. The number of hydrogen-bond acceptors (Lipinski definition) is 3. The van der Waals surface area contributed by atoms with Crippen molar-refractivity contribution in [2.45, 2.75) is 24.9 Å². The average molecular weight is 238 g/mol. The van der Waals surface area contributed by atoms with Gasteiger partial charge in [0.1, 0.15) is 5.15 Å². The minimum atomic E-state index is 0.0197. The maximum atomic E-state index is 8.28. The molecule has 0 spiro atoms. The summed E-state index contributed by atoms with van der Waals surface area (Å²) in [5, 5.41) is 7.51. The molecule has 1 fully saturated rings. The van der Waals surface area contributed by atoms with Crippen LogP contribution in [0.15, 0.2) is 23.4 Å². The number of nitrogens with zero attached hydrogens (tertiary/aromatic N) is 4. The number of nitrogens with one attached hydrogen (secondary N) is 1. The molecule has 1 aliphatic carbocycles. The average Bonchev–Trinajstić information content (AvgIpc) is 3.07. The van der Waals surface area contributed by atoms with Gasteiger partial charge in [-0.15, -0.1) is 0 Å². The first-order valence-corrected chi connectivity index (χ1v) is 5.48. The van der Waals surface area contributed by atoms with Gasteiger partial charge in [0, 0.05) is 29.7 Å². The zero-order chi connectivity index (χ0) is 11.4. The summed E-state index contributed by atoms with van der Waals surface area (Å²) >= 11 is 5.70. The van der Waals surface area contributed by atoms with Crippen LogP contribution in [0, 0.1) is 0 Å². The fraction of sp³-hybridized carbons (Fsp3) is 0.500. The molecular weight excluding hydrogens is 226 g/mol. The Labute approximate surface area is 98.5 Å². The molecule has 5 nitrogen and oxygen atoms in total. The molecule has 0 unspecified atom stereocenters. The van der Waals surface area contributed by atoms with Crippen molar-refractivity contribution in [3.8, 4) is 0 Å². The van der Waals surface area contributed by atoms with E-state index in [2.05, 4.69) is 20.3 Å². The van der Waals surface area contributed by atoms with Gasteiger partial charge in [0.2, 0.25) is 0 Å². The van der Waals surface area contributed by atoms with Gasteiger partial charge in [0.25, 0.3) is 0 Å². The first-order chi connectivity index (χ1) is 7.74. The minimum Gasteiger partial charge on any atom is -0.307 e. The molecule has 1 N–H and O–H groups in total. The molecule has 0 saturated heterocycles. The van der Waals surface area contributed by atoms with E-state index < -0.39 is 0 Å². The van der Waals surface area contributed by atoms with Gasteiger partial charge < -0.3 is 5.32 Å². The van der Waals surface area contributed by atoms with E-state index in [1.807, 2.05) is 6.07 Å². The summed E-state index contributed by atoms with van der Waals surface area (Å²) in [6, 6.07) is 3.71. The molecular formula is C10H12ClN5. The lowest BCUT2D eigenvalue weighted by atomic mass is 10.2. The Morgan fingerprint density at radius 1 is 1.56 bits per heavy atom. The van der Waals surface area contributed by atoms with Crippen molar-refractivity contribution in [3.05, 3.63) is 39.5 Å². The molecule has 0 radical (unpaired) electrons. The third-order valence-electron chi connectivity index (χ3n) is 2.75. The highest BCUT2D eigenvalue weighted by Gasteiger charge is 2.41. The van der Waals surface area contributed by atoms with Crippen LogP contribution < -0.4 is 5.32 Å². The normalized spacial score (nSPS) is 16.6. The number of halogens is 1. The van der Waals surface area contributed by atoms with Crippen molar-refractivity contribution in [1.82, 2.24) is 10.3 Å². The third-order valence-corrected chi connectivity index (χ3v) is 2.97. The molecule has 1 saturated carbocycles. The van der Waals surface area contributed by atoms with Crippen LogP contribution in [-0.4, -0.2) is 17.1 Å². The molecule has 0 aromatic carbocycles. The molecule has 84 valence electrons. The Bertz CT molecular complexity index is 406. The van der Waals surface area contributed by atoms with Gasteiger partial charge in [0.15, 0.2) is 0 Å². The zero-order valence-corrected chi connectivity index (χ0v) is 9.48. The van der Waals surface area contributed by atoms with Gasteiger partial charge in [-0.2, -0.15) is 0 Å². The van der Waals surface area contributed by atoms with Gasteiger partial charge in [-0.25, -0.2) is 4.98 Å². The summed E-state index contributed by atoms with van der Waals surface area (Å²) in [4.78, 5) is 6.79. The van der Waals surface area contributed by atoms with E-state index in [1.54, 1.807) is 12.3 Å². The fourth-order valence-corrected chi connectivity index (χ4v) is 1.62. The summed E-state index contributed by atoms with van der Waals surface area (Å²) in [7, 11) is 0. The third kappa shape index (κ3) is 2.85. The molecule has 2 rings (SSSR count). The molecule has 1 aromatic heterocycles. The highest BCUT2D eigenvalue weighted by molar-refractivity contribution is 6.29. The fourth-order valence-electron chi connectivity index (χ4n) is 1.51. The van der Waals surface area contributed by atoms with Gasteiger partial charge >= 0.3 is 0 Å². The molecule has 0 amide bonds. The first kappa shape index (κ1) is 11.2.